The highest BCUT2D eigenvalue weighted by Crippen LogP contribution is 2.18. The number of amides is 1. The summed E-state index contributed by atoms with van der Waals surface area (Å²) in [6.45, 7) is 7.51. The molecule has 0 spiro atoms. The summed E-state index contributed by atoms with van der Waals surface area (Å²) in [6, 6.07) is 0. The standard InChI is InChI=1S/C18H29N3O2S/c1-2-17-19-15(14-24-17)13-20-8-10-21(11-9-20)18(22)7-6-16-5-3-4-12-23-16/h14,16H,2-13H2,1H3/t16-/m1/s1. The van der Waals surface area contributed by atoms with Crippen LogP contribution >= 0.6 is 11.3 Å². The Morgan fingerprint density at radius 2 is 2.17 bits per heavy atom. The minimum Gasteiger partial charge on any atom is -0.378 e. The molecule has 1 amide bonds. The first-order valence-corrected chi connectivity index (χ1v) is 10.2. The minimum atomic E-state index is 0.297. The van der Waals surface area contributed by atoms with E-state index in [4.69, 9.17) is 4.74 Å². The van der Waals surface area contributed by atoms with E-state index >= 15 is 0 Å². The van der Waals surface area contributed by atoms with E-state index in [1.165, 1.54) is 23.5 Å². The monoisotopic (exact) mass is 351 g/mol. The Labute approximate surface area is 149 Å². The van der Waals surface area contributed by atoms with E-state index in [-0.39, 0.29) is 0 Å². The van der Waals surface area contributed by atoms with Crippen LogP contribution in [0.1, 0.15) is 49.7 Å². The number of carbonyl (C=O) groups excluding carboxylic acids is 1. The molecule has 0 radical (unpaired) electrons. The first-order valence-electron chi connectivity index (χ1n) is 9.29. The Hall–Kier alpha value is -0.980. The van der Waals surface area contributed by atoms with Crippen molar-refractivity contribution in [1.82, 2.24) is 14.8 Å². The zero-order valence-electron chi connectivity index (χ0n) is 14.7. The van der Waals surface area contributed by atoms with Crippen LogP contribution in [0.25, 0.3) is 0 Å². The van der Waals surface area contributed by atoms with E-state index in [0.29, 0.717) is 18.4 Å². The van der Waals surface area contributed by atoms with E-state index < -0.39 is 0 Å². The van der Waals surface area contributed by atoms with Crippen molar-refractivity contribution in [2.75, 3.05) is 32.8 Å². The second-order valence-corrected chi connectivity index (χ2v) is 7.71. The minimum absolute atomic E-state index is 0.297. The summed E-state index contributed by atoms with van der Waals surface area (Å²) in [4.78, 5) is 21.5. The summed E-state index contributed by atoms with van der Waals surface area (Å²) >= 11 is 1.75. The van der Waals surface area contributed by atoms with Crippen molar-refractivity contribution >= 4 is 17.2 Å². The maximum absolute atomic E-state index is 12.4. The summed E-state index contributed by atoms with van der Waals surface area (Å²) in [5.74, 6) is 0.297. The number of nitrogens with zero attached hydrogens (tertiary/aromatic N) is 3. The van der Waals surface area contributed by atoms with Gasteiger partial charge in [0.2, 0.25) is 5.91 Å². The summed E-state index contributed by atoms with van der Waals surface area (Å²) in [5, 5.41) is 3.38. The van der Waals surface area contributed by atoms with Gasteiger partial charge in [-0.25, -0.2) is 4.98 Å². The van der Waals surface area contributed by atoms with Crippen molar-refractivity contribution in [2.45, 2.75) is 58.1 Å². The molecule has 0 aromatic carbocycles. The summed E-state index contributed by atoms with van der Waals surface area (Å²) < 4.78 is 5.73. The molecule has 2 fully saturated rings. The van der Waals surface area contributed by atoms with Gasteiger partial charge in [-0.2, -0.15) is 0 Å². The normalized spacial score (nSPS) is 22.7. The van der Waals surface area contributed by atoms with Crippen molar-refractivity contribution in [3.05, 3.63) is 16.1 Å². The number of aryl methyl sites for hydroxylation is 1. The molecule has 2 aliphatic rings. The maximum atomic E-state index is 12.4. The van der Waals surface area contributed by atoms with Crippen molar-refractivity contribution in [3.8, 4) is 0 Å². The summed E-state index contributed by atoms with van der Waals surface area (Å²) in [6.07, 6.45) is 6.38. The average molecular weight is 352 g/mol. The van der Waals surface area contributed by atoms with E-state index in [9.17, 15) is 4.79 Å². The van der Waals surface area contributed by atoms with Crippen LogP contribution in [0.2, 0.25) is 0 Å². The Balaban J connectivity index is 1.37. The number of carbonyl (C=O) groups is 1. The zero-order valence-corrected chi connectivity index (χ0v) is 15.5. The van der Waals surface area contributed by atoms with Crippen molar-refractivity contribution in [3.63, 3.8) is 0 Å². The van der Waals surface area contributed by atoms with Gasteiger partial charge in [0.05, 0.1) is 16.8 Å². The SMILES string of the molecule is CCc1nc(CN2CCN(C(=O)CC[C@H]3CCCCO3)CC2)cs1. The molecule has 0 N–H and O–H groups in total. The Morgan fingerprint density at radius 1 is 1.33 bits per heavy atom. The molecule has 24 heavy (non-hydrogen) atoms. The quantitative estimate of drug-likeness (QED) is 0.790. The topological polar surface area (TPSA) is 45.7 Å². The Kier molecular flexibility index (Phi) is 6.63. The number of thiazole rings is 1. The first kappa shape index (κ1) is 17.8. The molecule has 134 valence electrons. The number of rotatable bonds is 6. The van der Waals surface area contributed by atoms with E-state index in [2.05, 4.69) is 22.2 Å². The van der Waals surface area contributed by atoms with Crippen LogP contribution in [-0.4, -0.2) is 59.6 Å². The van der Waals surface area contributed by atoms with Gasteiger partial charge >= 0.3 is 0 Å². The van der Waals surface area contributed by atoms with Crippen LogP contribution in [0.15, 0.2) is 5.38 Å². The Bertz CT molecular complexity index is 520. The lowest BCUT2D eigenvalue weighted by molar-refractivity contribution is -0.134. The molecule has 1 atom stereocenters. The second kappa shape index (κ2) is 8.92. The van der Waals surface area contributed by atoms with Crippen molar-refractivity contribution in [2.24, 2.45) is 0 Å². The largest absolute Gasteiger partial charge is 0.378 e. The van der Waals surface area contributed by atoms with Gasteiger partial charge in [0.1, 0.15) is 0 Å². The number of ether oxygens (including phenoxy) is 1. The first-order chi connectivity index (χ1) is 11.7. The number of hydrogen-bond acceptors (Lipinski definition) is 5. The fourth-order valence-corrected chi connectivity index (χ4v) is 4.18. The molecule has 3 rings (SSSR count). The molecule has 0 aliphatic carbocycles. The van der Waals surface area contributed by atoms with E-state index in [1.807, 2.05) is 4.90 Å². The molecule has 1 aromatic heterocycles. The lowest BCUT2D eigenvalue weighted by Gasteiger charge is -2.34. The van der Waals surface area contributed by atoms with Crippen LogP contribution in [0.5, 0.6) is 0 Å². The molecule has 0 saturated carbocycles. The van der Waals surface area contributed by atoms with E-state index in [1.54, 1.807) is 11.3 Å². The highest BCUT2D eigenvalue weighted by Gasteiger charge is 2.23. The molecule has 5 nitrogen and oxygen atoms in total. The van der Waals surface area contributed by atoms with Gasteiger partial charge in [0.25, 0.3) is 0 Å². The summed E-state index contributed by atoms with van der Waals surface area (Å²) in [7, 11) is 0. The maximum Gasteiger partial charge on any atom is 0.222 e. The van der Waals surface area contributed by atoms with Gasteiger partial charge in [0.15, 0.2) is 0 Å². The number of aromatic nitrogens is 1. The van der Waals surface area contributed by atoms with Crippen LogP contribution < -0.4 is 0 Å². The zero-order chi connectivity index (χ0) is 16.8. The fraction of sp³-hybridized carbons (Fsp3) is 0.778. The third kappa shape index (κ3) is 5.01. The molecule has 3 heterocycles. The predicted molar refractivity (Wildman–Crippen MR) is 96.2 cm³/mol. The third-order valence-electron chi connectivity index (χ3n) is 4.97. The van der Waals surface area contributed by atoms with Crippen LogP contribution in [0.4, 0.5) is 0 Å². The van der Waals surface area contributed by atoms with Crippen molar-refractivity contribution in [1.29, 1.82) is 0 Å². The molecule has 0 unspecified atom stereocenters. The molecule has 2 saturated heterocycles. The average Bonchev–Trinajstić information content (AvgIpc) is 3.09. The van der Waals surface area contributed by atoms with Gasteiger partial charge < -0.3 is 9.64 Å². The highest BCUT2D eigenvalue weighted by molar-refractivity contribution is 7.09. The van der Waals surface area contributed by atoms with Crippen LogP contribution in [0.3, 0.4) is 0 Å². The molecular weight excluding hydrogens is 322 g/mol. The van der Waals surface area contributed by atoms with E-state index in [0.717, 1.165) is 58.6 Å². The number of piperazine rings is 1. The number of hydrogen-bond donors (Lipinski definition) is 0. The fourth-order valence-electron chi connectivity index (χ4n) is 3.45. The molecular formula is C18H29N3O2S. The van der Waals surface area contributed by atoms with Gasteiger partial charge in [-0.3, -0.25) is 9.69 Å². The molecule has 2 aliphatic heterocycles. The predicted octanol–water partition coefficient (Wildman–Crippen LogP) is 2.70. The molecule has 6 heteroatoms. The molecule has 0 bridgehead atoms. The van der Waals surface area contributed by atoms with Gasteiger partial charge in [-0.1, -0.05) is 6.92 Å². The lowest BCUT2D eigenvalue weighted by atomic mass is 10.0. The second-order valence-electron chi connectivity index (χ2n) is 6.77. The Morgan fingerprint density at radius 3 is 2.83 bits per heavy atom. The smallest absolute Gasteiger partial charge is 0.222 e. The van der Waals surface area contributed by atoms with Crippen molar-refractivity contribution < 1.29 is 9.53 Å². The van der Waals surface area contributed by atoms with Gasteiger partial charge in [0, 0.05) is 51.1 Å². The van der Waals surface area contributed by atoms with Crippen LogP contribution in [0, 0.1) is 0 Å². The third-order valence-corrected chi connectivity index (χ3v) is 6.01. The van der Waals surface area contributed by atoms with Gasteiger partial charge in [-0.05, 0) is 32.1 Å². The summed E-state index contributed by atoms with van der Waals surface area (Å²) in [5.41, 5.74) is 1.17. The van der Waals surface area contributed by atoms with Crippen LogP contribution in [-0.2, 0) is 22.5 Å². The highest BCUT2D eigenvalue weighted by atomic mass is 32.1. The lowest BCUT2D eigenvalue weighted by Crippen LogP contribution is -2.48. The molecule has 1 aromatic rings. The van der Waals surface area contributed by atoms with Gasteiger partial charge in [-0.15, -0.1) is 11.3 Å².